The molecule has 9 aromatic carbocycles. The molecule has 0 radical (unpaired) electrons. The number of rotatable bonds is 4. The second-order valence-electron chi connectivity index (χ2n) is 14.5. The standard InChI is InChI=1S/C52H32N2/c1-3-13-35(14-4-1)53-47-22-9-7-17-40(47)46-32-33(26-30-49(46)53)37-28-29-43-39-27-25-34(31-45(39)42-21-11-20-41(37)51(42)43)38-19-12-24-50-52(38)44-18-8-10-23-48(44)54(50)36-15-5-2-6-16-36/h1-32H. The molecule has 0 atom stereocenters. The van der Waals surface area contributed by atoms with Crippen LogP contribution in [0, 0.1) is 0 Å². The summed E-state index contributed by atoms with van der Waals surface area (Å²) in [6.45, 7) is 0. The van der Waals surface area contributed by atoms with Crippen molar-refractivity contribution < 1.29 is 0 Å². The lowest BCUT2D eigenvalue weighted by molar-refractivity contribution is 1.18. The molecule has 0 fully saturated rings. The molecule has 1 aliphatic rings. The number of fused-ring (bicyclic) bond motifs is 9. The van der Waals surface area contributed by atoms with Gasteiger partial charge in [0.2, 0.25) is 0 Å². The largest absolute Gasteiger partial charge is 0.309 e. The van der Waals surface area contributed by atoms with Crippen LogP contribution in [0.4, 0.5) is 0 Å². The molecule has 0 saturated carbocycles. The highest BCUT2D eigenvalue weighted by Crippen LogP contribution is 2.51. The first-order valence-corrected chi connectivity index (χ1v) is 18.7. The molecule has 54 heavy (non-hydrogen) atoms. The summed E-state index contributed by atoms with van der Waals surface area (Å²) in [6, 6.07) is 71.4. The second kappa shape index (κ2) is 11.2. The van der Waals surface area contributed by atoms with Crippen LogP contribution >= 0.6 is 0 Å². The first-order valence-electron chi connectivity index (χ1n) is 18.7. The summed E-state index contributed by atoms with van der Waals surface area (Å²) in [6.07, 6.45) is 0. The smallest absolute Gasteiger partial charge is 0.0547 e. The van der Waals surface area contributed by atoms with Crippen molar-refractivity contribution in [3.63, 3.8) is 0 Å². The van der Waals surface area contributed by atoms with Crippen molar-refractivity contribution in [3.8, 4) is 55.9 Å². The first-order chi connectivity index (χ1) is 26.8. The molecule has 0 unspecified atom stereocenters. The molecule has 1 aliphatic carbocycles. The summed E-state index contributed by atoms with van der Waals surface area (Å²) < 4.78 is 4.78. The lowest BCUT2D eigenvalue weighted by Gasteiger charge is -2.11. The first kappa shape index (κ1) is 29.4. The monoisotopic (exact) mass is 684 g/mol. The van der Waals surface area contributed by atoms with Gasteiger partial charge in [0.05, 0.1) is 22.1 Å². The van der Waals surface area contributed by atoms with Gasteiger partial charge in [0.25, 0.3) is 0 Å². The van der Waals surface area contributed by atoms with Gasteiger partial charge < -0.3 is 9.13 Å². The van der Waals surface area contributed by atoms with E-state index < -0.39 is 0 Å². The Labute approximate surface area is 312 Å². The van der Waals surface area contributed by atoms with Crippen molar-refractivity contribution in [2.24, 2.45) is 0 Å². The average molecular weight is 685 g/mol. The maximum absolute atomic E-state index is 2.43. The van der Waals surface area contributed by atoms with E-state index in [-0.39, 0.29) is 0 Å². The normalized spacial score (nSPS) is 12.1. The highest BCUT2D eigenvalue weighted by atomic mass is 15.0. The zero-order valence-electron chi connectivity index (χ0n) is 29.4. The van der Waals surface area contributed by atoms with Crippen LogP contribution in [-0.4, -0.2) is 9.13 Å². The van der Waals surface area contributed by atoms with Crippen LogP contribution in [0.3, 0.4) is 0 Å². The van der Waals surface area contributed by atoms with E-state index in [1.165, 1.54) is 110 Å². The zero-order valence-corrected chi connectivity index (χ0v) is 29.4. The topological polar surface area (TPSA) is 9.86 Å². The molecule has 2 heterocycles. The SMILES string of the molecule is c1ccc(-n2c3ccccc3c3cc(-c4ccc5c6c(cccc46)-c4cc(-c6cccc7c6c6ccccc6n7-c6ccccc6)ccc4-5)ccc32)cc1. The van der Waals surface area contributed by atoms with Crippen molar-refractivity contribution in [1.29, 1.82) is 0 Å². The summed E-state index contributed by atoms with van der Waals surface area (Å²) >= 11 is 0. The Morgan fingerprint density at radius 2 is 0.759 bits per heavy atom. The van der Waals surface area contributed by atoms with Gasteiger partial charge in [0.1, 0.15) is 0 Å². The number of para-hydroxylation sites is 4. The predicted octanol–water partition coefficient (Wildman–Crippen LogP) is 14.0. The van der Waals surface area contributed by atoms with E-state index in [2.05, 4.69) is 203 Å². The number of aromatic nitrogens is 2. The van der Waals surface area contributed by atoms with E-state index in [1.54, 1.807) is 0 Å². The lowest BCUT2D eigenvalue weighted by Crippen LogP contribution is -1.92. The van der Waals surface area contributed by atoms with Gasteiger partial charge in [-0.1, -0.05) is 133 Å². The third-order valence-electron chi connectivity index (χ3n) is 11.7. The molecular formula is C52H32N2. The molecule has 0 N–H and O–H groups in total. The van der Waals surface area contributed by atoms with Gasteiger partial charge >= 0.3 is 0 Å². The van der Waals surface area contributed by atoms with Gasteiger partial charge in [0, 0.05) is 32.9 Å². The average Bonchev–Trinajstić information content (AvgIpc) is 3.88. The fraction of sp³-hybridized carbons (Fsp3) is 0. The second-order valence-corrected chi connectivity index (χ2v) is 14.5. The van der Waals surface area contributed by atoms with Gasteiger partial charge in [0.15, 0.2) is 0 Å². The van der Waals surface area contributed by atoms with Crippen molar-refractivity contribution in [3.05, 3.63) is 194 Å². The maximum Gasteiger partial charge on any atom is 0.0547 e. The third-order valence-corrected chi connectivity index (χ3v) is 11.7. The van der Waals surface area contributed by atoms with E-state index in [4.69, 9.17) is 0 Å². The molecule has 0 amide bonds. The highest BCUT2D eigenvalue weighted by Gasteiger charge is 2.25. The Kier molecular flexibility index (Phi) is 6.09. The molecule has 0 bridgehead atoms. The van der Waals surface area contributed by atoms with Crippen molar-refractivity contribution >= 4 is 54.4 Å². The van der Waals surface area contributed by atoms with Gasteiger partial charge in [-0.3, -0.25) is 0 Å². The fourth-order valence-electron chi connectivity index (χ4n) is 9.39. The summed E-state index contributed by atoms with van der Waals surface area (Å²) in [5, 5.41) is 7.73. The molecule has 12 rings (SSSR count). The van der Waals surface area contributed by atoms with Crippen molar-refractivity contribution in [2.75, 3.05) is 0 Å². The van der Waals surface area contributed by atoms with E-state index in [0.29, 0.717) is 0 Å². The molecule has 250 valence electrons. The van der Waals surface area contributed by atoms with Crippen LogP contribution in [0.2, 0.25) is 0 Å². The molecule has 11 aromatic rings. The molecule has 0 saturated heterocycles. The van der Waals surface area contributed by atoms with Gasteiger partial charge in [-0.2, -0.15) is 0 Å². The molecule has 2 heteroatoms. The van der Waals surface area contributed by atoms with Crippen molar-refractivity contribution in [2.45, 2.75) is 0 Å². The van der Waals surface area contributed by atoms with Crippen molar-refractivity contribution in [1.82, 2.24) is 9.13 Å². The van der Waals surface area contributed by atoms with Crippen LogP contribution in [0.1, 0.15) is 0 Å². The van der Waals surface area contributed by atoms with E-state index >= 15 is 0 Å². The van der Waals surface area contributed by atoms with Gasteiger partial charge in [-0.25, -0.2) is 0 Å². The Balaban J connectivity index is 1.03. The Morgan fingerprint density at radius 1 is 0.241 bits per heavy atom. The number of nitrogens with zero attached hydrogens (tertiary/aromatic N) is 2. The van der Waals surface area contributed by atoms with E-state index in [9.17, 15) is 0 Å². The third kappa shape index (κ3) is 4.05. The van der Waals surface area contributed by atoms with Gasteiger partial charge in [-0.05, 0) is 116 Å². The minimum atomic E-state index is 1.17. The summed E-state index contributed by atoms with van der Waals surface area (Å²) in [7, 11) is 0. The van der Waals surface area contributed by atoms with E-state index in [0.717, 1.165) is 0 Å². The number of hydrogen-bond acceptors (Lipinski definition) is 0. The van der Waals surface area contributed by atoms with Crippen LogP contribution in [-0.2, 0) is 0 Å². The molecule has 0 spiro atoms. The van der Waals surface area contributed by atoms with Gasteiger partial charge in [-0.15, -0.1) is 0 Å². The predicted molar refractivity (Wildman–Crippen MR) is 228 cm³/mol. The lowest BCUT2D eigenvalue weighted by atomic mass is 9.93. The summed E-state index contributed by atoms with van der Waals surface area (Å²) in [5.41, 5.74) is 17.5. The summed E-state index contributed by atoms with van der Waals surface area (Å²) in [4.78, 5) is 0. The van der Waals surface area contributed by atoms with Crippen LogP contribution < -0.4 is 0 Å². The minimum absolute atomic E-state index is 1.17. The minimum Gasteiger partial charge on any atom is -0.309 e. The quantitative estimate of drug-likeness (QED) is 0.175. The molecule has 0 aliphatic heterocycles. The number of hydrogen-bond donors (Lipinski definition) is 0. The molecular weight excluding hydrogens is 653 g/mol. The Morgan fingerprint density at radius 3 is 1.56 bits per heavy atom. The maximum atomic E-state index is 2.43. The van der Waals surface area contributed by atoms with Crippen LogP contribution in [0.5, 0.6) is 0 Å². The molecule has 2 aromatic heterocycles. The highest BCUT2D eigenvalue weighted by molar-refractivity contribution is 6.21. The fourth-order valence-corrected chi connectivity index (χ4v) is 9.39. The Hall–Kier alpha value is -7.16. The van der Waals surface area contributed by atoms with E-state index in [1.807, 2.05) is 0 Å². The van der Waals surface area contributed by atoms with Crippen LogP contribution in [0.15, 0.2) is 194 Å². The Bertz CT molecular complexity index is 3310. The van der Waals surface area contributed by atoms with Crippen LogP contribution in [0.25, 0.3) is 110 Å². The summed E-state index contributed by atoms with van der Waals surface area (Å²) in [5.74, 6) is 0. The number of benzene rings is 9. The zero-order chi connectivity index (χ0) is 35.3. The molecule has 2 nitrogen and oxygen atoms in total.